The molecule has 126 valence electrons. The summed E-state index contributed by atoms with van der Waals surface area (Å²) in [6.45, 7) is 3.67. The number of benzene rings is 1. The lowest BCUT2D eigenvalue weighted by molar-refractivity contribution is -0.0769. The van der Waals surface area contributed by atoms with Crippen LogP contribution in [0.3, 0.4) is 0 Å². The van der Waals surface area contributed by atoms with Gasteiger partial charge in [0, 0.05) is 19.6 Å². The van der Waals surface area contributed by atoms with Gasteiger partial charge in [0.2, 0.25) is 0 Å². The van der Waals surface area contributed by atoms with Crippen LogP contribution in [0.15, 0.2) is 41.8 Å². The van der Waals surface area contributed by atoms with Crippen LogP contribution in [0.2, 0.25) is 5.02 Å². The fourth-order valence-corrected chi connectivity index (χ4v) is 4.68. The normalized spacial score (nSPS) is 24.6. The van der Waals surface area contributed by atoms with Gasteiger partial charge in [-0.2, -0.15) is 0 Å². The van der Waals surface area contributed by atoms with Gasteiger partial charge in [0.1, 0.15) is 4.88 Å². The topological polar surface area (TPSA) is 32.8 Å². The van der Waals surface area contributed by atoms with E-state index in [9.17, 15) is 4.79 Å². The Morgan fingerprint density at radius 1 is 1.17 bits per heavy atom. The lowest BCUT2D eigenvalue weighted by Crippen LogP contribution is -2.59. The standard InChI is InChI=1S/C18H19ClN2O2S/c19-15-6-9-24-17(15)18(22)20-7-8-21-14(10-20)11-23-12-16(21)13-4-2-1-3-5-13/h1-6,9,14,16H,7-8,10-12H2/t14-,16-/m1/s1. The van der Waals surface area contributed by atoms with E-state index in [4.69, 9.17) is 16.3 Å². The number of hydrogen-bond donors (Lipinski definition) is 0. The highest BCUT2D eigenvalue weighted by atomic mass is 35.5. The van der Waals surface area contributed by atoms with Gasteiger partial charge in [0.25, 0.3) is 5.91 Å². The SMILES string of the molecule is O=C(c1sccc1Cl)N1CCN2[C@@H](COC[C@@H]2c2ccccc2)C1. The number of amides is 1. The molecular weight excluding hydrogens is 344 g/mol. The minimum Gasteiger partial charge on any atom is -0.378 e. The van der Waals surface area contributed by atoms with E-state index >= 15 is 0 Å². The Labute approximate surface area is 150 Å². The second kappa shape index (κ2) is 6.84. The summed E-state index contributed by atoms with van der Waals surface area (Å²) in [6, 6.07) is 12.8. The van der Waals surface area contributed by atoms with Gasteiger partial charge in [-0.25, -0.2) is 0 Å². The van der Waals surface area contributed by atoms with Gasteiger partial charge in [0.05, 0.1) is 30.3 Å². The van der Waals surface area contributed by atoms with Crippen LogP contribution in [0, 0.1) is 0 Å². The van der Waals surface area contributed by atoms with E-state index in [0.717, 1.165) is 13.1 Å². The molecule has 2 fully saturated rings. The third-order valence-electron chi connectivity index (χ3n) is 4.80. The van der Waals surface area contributed by atoms with Crippen LogP contribution < -0.4 is 0 Å². The van der Waals surface area contributed by atoms with E-state index in [0.29, 0.717) is 29.7 Å². The van der Waals surface area contributed by atoms with Crippen LogP contribution in [0.1, 0.15) is 21.3 Å². The van der Waals surface area contributed by atoms with Crippen molar-refractivity contribution in [2.24, 2.45) is 0 Å². The first-order valence-corrected chi connectivity index (χ1v) is 9.40. The number of piperazine rings is 1. The lowest BCUT2D eigenvalue weighted by atomic mass is 10.00. The van der Waals surface area contributed by atoms with Crippen molar-refractivity contribution in [2.75, 3.05) is 32.8 Å². The molecule has 2 atom stereocenters. The van der Waals surface area contributed by atoms with Crippen LogP contribution in [-0.4, -0.2) is 54.6 Å². The Hall–Kier alpha value is -1.40. The Morgan fingerprint density at radius 3 is 2.75 bits per heavy atom. The van der Waals surface area contributed by atoms with Crippen molar-refractivity contribution in [1.82, 2.24) is 9.80 Å². The predicted octanol–water partition coefficient (Wildman–Crippen LogP) is 3.30. The first-order chi connectivity index (χ1) is 11.7. The van der Waals surface area contributed by atoms with E-state index in [1.807, 2.05) is 16.3 Å². The number of ether oxygens (including phenoxy) is 1. The summed E-state index contributed by atoms with van der Waals surface area (Å²) >= 11 is 7.53. The first-order valence-electron chi connectivity index (χ1n) is 8.15. The highest BCUT2D eigenvalue weighted by Gasteiger charge is 2.38. The number of thiophene rings is 1. The molecule has 2 saturated heterocycles. The molecule has 0 spiro atoms. The molecule has 1 amide bonds. The number of carbonyl (C=O) groups is 1. The summed E-state index contributed by atoms with van der Waals surface area (Å²) in [5.74, 6) is 0.0384. The molecule has 24 heavy (non-hydrogen) atoms. The van der Waals surface area contributed by atoms with E-state index in [1.54, 1.807) is 6.07 Å². The Balaban J connectivity index is 1.50. The van der Waals surface area contributed by atoms with Crippen LogP contribution in [0.25, 0.3) is 0 Å². The summed E-state index contributed by atoms with van der Waals surface area (Å²) in [7, 11) is 0. The summed E-state index contributed by atoms with van der Waals surface area (Å²) in [6.07, 6.45) is 0. The second-order valence-electron chi connectivity index (χ2n) is 6.20. The first kappa shape index (κ1) is 16.1. The molecule has 0 radical (unpaired) electrons. The van der Waals surface area contributed by atoms with Crippen molar-refractivity contribution in [3.05, 3.63) is 57.2 Å². The van der Waals surface area contributed by atoms with Gasteiger partial charge >= 0.3 is 0 Å². The zero-order valence-electron chi connectivity index (χ0n) is 13.2. The van der Waals surface area contributed by atoms with Gasteiger partial charge in [0.15, 0.2) is 0 Å². The fourth-order valence-electron chi connectivity index (χ4n) is 3.58. The highest BCUT2D eigenvalue weighted by molar-refractivity contribution is 7.12. The Morgan fingerprint density at radius 2 is 2.00 bits per heavy atom. The molecule has 0 N–H and O–H groups in total. The molecule has 0 unspecified atom stereocenters. The molecule has 1 aromatic carbocycles. The third kappa shape index (κ3) is 2.97. The summed E-state index contributed by atoms with van der Waals surface area (Å²) in [5, 5.41) is 2.41. The minimum atomic E-state index is 0.0384. The van der Waals surface area contributed by atoms with Crippen LogP contribution >= 0.6 is 22.9 Å². The van der Waals surface area contributed by atoms with Crippen LogP contribution in [0.5, 0.6) is 0 Å². The number of fused-ring (bicyclic) bond motifs is 1. The van der Waals surface area contributed by atoms with Crippen molar-refractivity contribution >= 4 is 28.8 Å². The number of rotatable bonds is 2. The van der Waals surface area contributed by atoms with Gasteiger partial charge < -0.3 is 9.64 Å². The monoisotopic (exact) mass is 362 g/mol. The molecule has 2 aliphatic rings. The quantitative estimate of drug-likeness (QED) is 0.821. The zero-order valence-corrected chi connectivity index (χ0v) is 14.8. The van der Waals surface area contributed by atoms with Crippen molar-refractivity contribution < 1.29 is 9.53 Å². The van der Waals surface area contributed by atoms with Gasteiger partial charge in [-0.15, -0.1) is 11.3 Å². The summed E-state index contributed by atoms with van der Waals surface area (Å²) in [5.41, 5.74) is 1.28. The number of morpholine rings is 1. The largest absolute Gasteiger partial charge is 0.378 e. The van der Waals surface area contributed by atoms with Crippen molar-refractivity contribution in [3.8, 4) is 0 Å². The number of carbonyl (C=O) groups excluding carboxylic acids is 1. The van der Waals surface area contributed by atoms with Crippen molar-refractivity contribution in [2.45, 2.75) is 12.1 Å². The number of halogens is 1. The average molecular weight is 363 g/mol. The molecule has 2 aliphatic heterocycles. The minimum absolute atomic E-state index is 0.0384. The lowest BCUT2D eigenvalue weighted by Gasteiger charge is -2.48. The van der Waals surface area contributed by atoms with Crippen molar-refractivity contribution in [1.29, 1.82) is 0 Å². The molecule has 0 bridgehead atoms. The number of nitrogens with zero attached hydrogens (tertiary/aromatic N) is 2. The van der Waals surface area contributed by atoms with Crippen LogP contribution in [-0.2, 0) is 4.74 Å². The highest BCUT2D eigenvalue weighted by Crippen LogP contribution is 2.31. The molecule has 4 nitrogen and oxygen atoms in total. The predicted molar refractivity (Wildman–Crippen MR) is 95.7 cm³/mol. The summed E-state index contributed by atoms with van der Waals surface area (Å²) < 4.78 is 5.85. The Bertz CT molecular complexity index is 721. The van der Waals surface area contributed by atoms with Gasteiger partial charge in [-0.1, -0.05) is 41.9 Å². The van der Waals surface area contributed by atoms with Crippen molar-refractivity contribution in [3.63, 3.8) is 0 Å². The second-order valence-corrected chi connectivity index (χ2v) is 7.53. The molecule has 1 aromatic heterocycles. The molecule has 3 heterocycles. The molecule has 0 saturated carbocycles. The number of hydrogen-bond acceptors (Lipinski definition) is 4. The Kier molecular flexibility index (Phi) is 4.59. The molecule has 6 heteroatoms. The van der Waals surface area contributed by atoms with E-state index in [1.165, 1.54) is 16.9 Å². The van der Waals surface area contributed by atoms with Crippen LogP contribution in [0.4, 0.5) is 0 Å². The van der Waals surface area contributed by atoms with E-state index < -0.39 is 0 Å². The van der Waals surface area contributed by atoms with Gasteiger partial charge in [-0.05, 0) is 17.0 Å². The molecule has 2 aromatic rings. The maximum atomic E-state index is 12.7. The van der Waals surface area contributed by atoms with E-state index in [2.05, 4.69) is 29.2 Å². The zero-order chi connectivity index (χ0) is 16.5. The van der Waals surface area contributed by atoms with E-state index in [-0.39, 0.29) is 18.0 Å². The third-order valence-corrected chi connectivity index (χ3v) is 6.13. The average Bonchev–Trinajstić information content (AvgIpc) is 3.07. The van der Waals surface area contributed by atoms with Gasteiger partial charge in [-0.3, -0.25) is 9.69 Å². The smallest absolute Gasteiger partial charge is 0.265 e. The fraction of sp³-hybridized carbons (Fsp3) is 0.389. The summed E-state index contributed by atoms with van der Waals surface area (Å²) in [4.78, 5) is 17.7. The molecule has 0 aliphatic carbocycles. The molecular formula is C18H19ClN2O2S. The maximum Gasteiger partial charge on any atom is 0.265 e. The molecule has 4 rings (SSSR count). The maximum absolute atomic E-state index is 12.7.